The lowest BCUT2D eigenvalue weighted by molar-refractivity contribution is -0.133. The molecule has 2 aromatic carbocycles. The summed E-state index contributed by atoms with van der Waals surface area (Å²) in [6.07, 6.45) is 1.18. The molecule has 8 heteroatoms. The standard InChI is InChI=1S/C22H21NO6S/c1-23-20(25)12-11-19(24)16-5-3-4-6-17(16)21-18(13-29-22(21)26)14-7-9-15(10-8-14)30(2,27)28/h3-10H,11-13H2,1-2H3,(H,23,25). The molecule has 0 saturated carbocycles. The van der Waals surface area contributed by atoms with E-state index in [1.807, 2.05) is 0 Å². The van der Waals surface area contributed by atoms with Crippen molar-refractivity contribution in [2.45, 2.75) is 17.7 Å². The predicted octanol–water partition coefficient (Wildman–Crippen LogP) is 2.27. The van der Waals surface area contributed by atoms with E-state index in [-0.39, 0.29) is 41.6 Å². The van der Waals surface area contributed by atoms with Crippen LogP contribution in [0, 0.1) is 0 Å². The van der Waals surface area contributed by atoms with Crippen LogP contribution in [0.3, 0.4) is 0 Å². The Balaban J connectivity index is 2.03. The molecule has 1 aliphatic heterocycles. The molecule has 7 nitrogen and oxygen atoms in total. The molecule has 0 aromatic heterocycles. The minimum Gasteiger partial charge on any atom is -0.457 e. The van der Waals surface area contributed by atoms with Crippen LogP contribution in [0.15, 0.2) is 53.4 Å². The van der Waals surface area contributed by atoms with Crippen molar-refractivity contribution in [1.29, 1.82) is 0 Å². The Morgan fingerprint density at radius 2 is 1.70 bits per heavy atom. The number of Topliss-reactive ketones (excluding diaryl/α,β-unsaturated/α-hetero) is 1. The maximum Gasteiger partial charge on any atom is 0.339 e. The number of ether oxygens (including phenoxy) is 1. The highest BCUT2D eigenvalue weighted by atomic mass is 32.2. The molecular weight excluding hydrogens is 406 g/mol. The molecule has 1 aliphatic rings. The molecule has 3 rings (SSSR count). The normalized spacial score (nSPS) is 13.9. The van der Waals surface area contributed by atoms with Crippen molar-refractivity contribution in [2.75, 3.05) is 19.9 Å². The zero-order chi connectivity index (χ0) is 21.9. The van der Waals surface area contributed by atoms with E-state index >= 15 is 0 Å². The molecule has 0 fully saturated rings. The topological polar surface area (TPSA) is 107 Å². The van der Waals surface area contributed by atoms with Gasteiger partial charge in [0.1, 0.15) is 6.61 Å². The first-order valence-electron chi connectivity index (χ1n) is 9.26. The smallest absolute Gasteiger partial charge is 0.339 e. The Morgan fingerprint density at radius 3 is 2.33 bits per heavy atom. The van der Waals surface area contributed by atoms with Gasteiger partial charge in [0.2, 0.25) is 5.91 Å². The lowest BCUT2D eigenvalue weighted by atomic mass is 9.91. The van der Waals surface area contributed by atoms with Crippen LogP contribution in [-0.4, -0.2) is 46.0 Å². The van der Waals surface area contributed by atoms with Crippen LogP contribution in [0.5, 0.6) is 0 Å². The van der Waals surface area contributed by atoms with Crippen LogP contribution in [0.2, 0.25) is 0 Å². The quantitative estimate of drug-likeness (QED) is 0.537. The van der Waals surface area contributed by atoms with Gasteiger partial charge in [-0.15, -0.1) is 0 Å². The number of cyclic esters (lactones) is 1. The Hall–Kier alpha value is -3.26. The molecule has 1 amide bonds. The van der Waals surface area contributed by atoms with Gasteiger partial charge in [-0.05, 0) is 17.7 Å². The molecule has 2 aromatic rings. The number of hydrogen-bond donors (Lipinski definition) is 1. The van der Waals surface area contributed by atoms with Crippen molar-refractivity contribution in [3.8, 4) is 0 Å². The lowest BCUT2D eigenvalue weighted by Gasteiger charge is -2.10. The minimum atomic E-state index is -3.34. The maximum absolute atomic E-state index is 12.7. The van der Waals surface area contributed by atoms with Gasteiger partial charge in [-0.2, -0.15) is 0 Å². The van der Waals surface area contributed by atoms with E-state index in [0.717, 1.165) is 6.26 Å². The SMILES string of the molecule is CNC(=O)CCC(=O)c1ccccc1C1=C(c2ccc(S(C)(=O)=O)cc2)COC1=O. The summed E-state index contributed by atoms with van der Waals surface area (Å²) in [5.74, 6) is -1.05. The molecule has 0 unspecified atom stereocenters. The summed E-state index contributed by atoms with van der Waals surface area (Å²) in [7, 11) is -1.84. The zero-order valence-corrected chi connectivity index (χ0v) is 17.4. The second-order valence-electron chi connectivity index (χ2n) is 6.87. The average molecular weight is 427 g/mol. The Kier molecular flexibility index (Phi) is 6.17. The fourth-order valence-corrected chi connectivity index (χ4v) is 3.87. The van der Waals surface area contributed by atoms with Gasteiger partial charge in [0.05, 0.1) is 10.5 Å². The highest BCUT2D eigenvalue weighted by Crippen LogP contribution is 2.35. The number of hydrogen-bond acceptors (Lipinski definition) is 6. The van der Waals surface area contributed by atoms with E-state index < -0.39 is 15.8 Å². The van der Waals surface area contributed by atoms with Crippen LogP contribution < -0.4 is 5.32 Å². The molecule has 0 aliphatic carbocycles. The summed E-state index contributed by atoms with van der Waals surface area (Å²) in [5.41, 5.74) is 2.25. The van der Waals surface area contributed by atoms with E-state index in [1.54, 1.807) is 36.4 Å². The van der Waals surface area contributed by atoms with Gasteiger partial charge in [0.15, 0.2) is 15.6 Å². The molecule has 0 spiro atoms. The van der Waals surface area contributed by atoms with E-state index in [4.69, 9.17) is 4.74 Å². The zero-order valence-electron chi connectivity index (χ0n) is 16.6. The Bertz CT molecular complexity index is 1150. The maximum atomic E-state index is 12.7. The van der Waals surface area contributed by atoms with Crippen LogP contribution in [0.25, 0.3) is 11.1 Å². The number of sulfone groups is 1. The largest absolute Gasteiger partial charge is 0.457 e. The van der Waals surface area contributed by atoms with Gasteiger partial charge in [0.25, 0.3) is 0 Å². The number of carbonyl (C=O) groups is 3. The van der Waals surface area contributed by atoms with Crippen LogP contribution in [0.4, 0.5) is 0 Å². The number of ketones is 1. The Morgan fingerprint density at radius 1 is 1.03 bits per heavy atom. The van der Waals surface area contributed by atoms with E-state index in [9.17, 15) is 22.8 Å². The lowest BCUT2D eigenvalue weighted by Crippen LogP contribution is -2.19. The molecule has 30 heavy (non-hydrogen) atoms. The molecule has 0 bridgehead atoms. The first-order chi connectivity index (χ1) is 14.2. The summed E-state index contributed by atoms with van der Waals surface area (Å²) in [6.45, 7) is 0.0210. The molecular formula is C22H21NO6S. The van der Waals surface area contributed by atoms with E-state index in [2.05, 4.69) is 5.32 Å². The third-order valence-electron chi connectivity index (χ3n) is 4.84. The minimum absolute atomic E-state index is 0.0113. The van der Waals surface area contributed by atoms with E-state index in [0.29, 0.717) is 22.3 Å². The first-order valence-corrected chi connectivity index (χ1v) is 11.2. The average Bonchev–Trinajstić information content (AvgIpc) is 3.12. The van der Waals surface area contributed by atoms with E-state index in [1.165, 1.54) is 19.2 Å². The molecule has 1 N–H and O–H groups in total. The highest BCUT2D eigenvalue weighted by Gasteiger charge is 2.30. The van der Waals surface area contributed by atoms with Gasteiger partial charge in [-0.25, -0.2) is 13.2 Å². The summed E-state index contributed by atoms with van der Waals surface area (Å²) in [4.78, 5) is 36.9. The number of amides is 1. The van der Waals surface area contributed by atoms with Crippen molar-refractivity contribution in [3.05, 3.63) is 65.2 Å². The van der Waals surface area contributed by atoms with Crippen LogP contribution in [-0.2, 0) is 24.2 Å². The van der Waals surface area contributed by atoms with Crippen molar-refractivity contribution in [2.24, 2.45) is 0 Å². The van der Waals surface area contributed by atoms with Gasteiger partial charge in [-0.1, -0.05) is 36.4 Å². The Labute approximate surface area is 174 Å². The third kappa shape index (κ3) is 4.49. The second-order valence-corrected chi connectivity index (χ2v) is 8.88. The van der Waals surface area contributed by atoms with Crippen LogP contribution >= 0.6 is 0 Å². The number of benzene rings is 2. The molecule has 0 saturated heterocycles. The number of esters is 1. The van der Waals surface area contributed by atoms with Gasteiger partial charge >= 0.3 is 5.97 Å². The molecule has 0 atom stereocenters. The second kappa shape index (κ2) is 8.62. The highest BCUT2D eigenvalue weighted by molar-refractivity contribution is 7.90. The van der Waals surface area contributed by atoms with Crippen molar-refractivity contribution in [1.82, 2.24) is 5.32 Å². The van der Waals surface area contributed by atoms with Crippen molar-refractivity contribution >= 4 is 38.6 Å². The molecule has 0 radical (unpaired) electrons. The van der Waals surface area contributed by atoms with Gasteiger partial charge in [0, 0.05) is 42.8 Å². The number of rotatable bonds is 7. The third-order valence-corrected chi connectivity index (χ3v) is 5.97. The number of nitrogens with one attached hydrogen (secondary N) is 1. The fourth-order valence-electron chi connectivity index (χ4n) is 3.24. The summed E-state index contributed by atoms with van der Waals surface area (Å²) >= 11 is 0. The van der Waals surface area contributed by atoms with Gasteiger partial charge < -0.3 is 10.1 Å². The molecule has 1 heterocycles. The number of carbonyl (C=O) groups excluding carboxylic acids is 3. The van der Waals surface area contributed by atoms with Crippen molar-refractivity contribution in [3.63, 3.8) is 0 Å². The monoisotopic (exact) mass is 427 g/mol. The van der Waals surface area contributed by atoms with Crippen molar-refractivity contribution < 1.29 is 27.5 Å². The first kappa shape index (κ1) is 21.4. The van der Waals surface area contributed by atoms with Gasteiger partial charge in [-0.3, -0.25) is 9.59 Å². The summed E-state index contributed by atoms with van der Waals surface area (Å²) in [6, 6.07) is 12.9. The fraction of sp³-hybridized carbons (Fsp3) is 0.227. The summed E-state index contributed by atoms with van der Waals surface area (Å²) in [5, 5.41) is 2.47. The van der Waals surface area contributed by atoms with Crippen LogP contribution in [0.1, 0.15) is 34.3 Å². The summed E-state index contributed by atoms with van der Waals surface area (Å²) < 4.78 is 28.6. The molecule has 156 valence electrons. The predicted molar refractivity (Wildman–Crippen MR) is 111 cm³/mol.